The molecule has 0 saturated carbocycles. The standard InChI is InChI=1S/C15H23FN2O2/c16-9-11-20-14-7-5-6-13(12-14)18-15(19)8-3-1-2-4-10-17/h5-7,12H,1-4,8-11,17H2,(H,18,19). The first-order chi connectivity index (χ1) is 9.76. The van der Waals surface area contributed by atoms with Crippen LogP contribution in [0.3, 0.4) is 0 Å². The Morgan fingerprint density at radius 3 is 2.80 bits per heavy atom. The Morgan fingerprint density at radius 1 is 1.25 bits per heavy atom. The number of benzene rings is 1. The largest absolute Gasteiger partial charge is 0.491 e. The van der Waals surface area contributed by atoms with E-state index in [1.54, 1.807) is 24.3 Å². The predicted octanol–water partition coefficient (Wildman–Crippen LogP) is 2.88. The first-order valence-electron chi connectivity index (χ1n) is 7.05. The van der Waals surface area contributed by atoms with Crippen molar-refractivity contribution < 1.29 is 13.9 Å². The number of nitrogens with one attached hydrogen (secondary N) is 1. The number of unbranched alkanes of at least 4 members (excludes halogenated alkanes) is 3. The van der Waals surface area contributed by atoms with Gasteiger partial charge in [-0.15, -0.1) is 0 Å². The van der Waals surface area contributed by atoms with Gasteiger partial charge in [0.05, 0.1) is 0 Å². The molecule has 112 valence electrons. The van der Waals surface area contributed by atoms with Crippen LogP contribution in [0.5, 0.6) is 5.75 Å². The third-order valence-corrected chi connectivity index (χ3v) is 2.82. The molecule has 0 fully saturated rings. The van der Waals surface area contributed by atoms with E-state index in [4.69, 9.17) is 10.5 Å². The van der Waals surface area contributed by atoms with Crippen LogP contribution in [0, 0.1) is 0 Å². The molecule has 4 nitrogen and oxygen atoms in total. The van der Waals surface area contributed by atoms with Gasteiger partial charge in [-0.3, -0.25) is 4.79 Å². The molecule has 0 bridgehead atoms. The summed E-state index contributed by atoms with van der Waals surface area (Å²) in [7, 11) is 0. The van der Waals surface area contributed by atoms with Gasteiger partial charge in [-0.1, -0.05) is 18.9 Å². The van der Waals surface area contributed by atoms with Crippen LogP contribution in [0.1, 0.15) is 32.1 Å². The number of rotatable bonds is 10. The van der Waals surface area contributed by atoms with Gasteiger partial charge in [-0.05, 0) is 31.5 Å². The van der Waals surface area contributed by atoms with E-state index in [9.17, 15) is 9.18 Å². The Labute approximate surface area is 119 Å². The zero-order chi connectivity index (χ0) is 14.6. The molecular formula is C15H23FN2O2. The number of amides is 1. The highest BCUT2D eigenvalue weighted by atomic mass is 19.1. The summed E-state index contributed by atoms with van der Waals surface area (Å²) in [5.41, 5.74) is 6.08. The van der Waals surface area contributed by atoms with Crippen LogP contribution >= 0.6 is 0 Å². The summed E-state index contributed by atoms with van der Waals surface area (Å²) in [6.45, 7) is 0.204. The molecule has 0 saturated heterocycles. The Hall–Kier alpha value is -1.62. The van der Waals surface area contributed by atoms with Crippen molar-refractivity contribution in [2.75, 3.05) is 25.1 Å². The average Bonchev–Trinajstić information content (AvgIpc) is 2.45. The number of carbonyl (C=O) groups is 1. The second-order valence-corrected chi connectivity index (χ2v) is 4.57. The van der Waals surface area contributed by atoms with Gasteiger partial charge in [0, 0.05) is 18.2 Å². The van der Waals surface area contributed by atoms with E-state index in [1.807, 2.05) is 0 Å². The van der Waals surface area contributed by atoms with Crippen molar-refractivity contribution in [2.24, 2.45) is 5.73 Å². The van der Waals surface area contributed by atoms with Crippen LogP contribution in [0.25, 0.3) is 0 Å². The van der Waals surface area contributed by atoms with E-state index in [1.165, 1.54) is 0 Å². The molecular weight excluding hydrogens is 259 g/mol. The number of halogens is 1. The number of hydrogen-bond donors (Lipinski definition) is 2. The minimum atomic E-state index is -0.528. The van der Waals surface area contributed by atoms with E-state index in [0.29, 0.717) is 24.4 Å². The molecule has 20 heavy (non-hydrogen) atoms. The smallest absolute Gasteiger partial charge is 0.224 e. The summed E-state index contributed by atoms with van der Waals surface area (Å²) in [6, 6.07) is 6.99. The van der Waals surface area contributed by atoms with Crippen molar-refractivity contribution in [2.45, 2.75) is 32.1 Å². The van der Waals surface area contributed by atoms with Crippen LogP contribution in [-0.2, 0) is 4.79 Å². The maximum Gasteiger partial charge on any atom is 0.224 e. The van der Waals surface area contributed by atoms with E-state index in [2.05, 4.69) is 5.32 Å². The Morgan fingerprint density at radius 2 is 2.05 bits per heavy atom. The predicted molar refractivity (Wildman–Crippen MR) is 78.7 cm³/mol. The lowest BCUT2D eigenvalue weighted by atomic mass is 10.1. The molecule has 3 N–H and O–H groups in total. The molecule has 0 aliphatic heterocycles. The van der Waals surface area contributed by atoms with Crippen LogP contribution in [0.4, 0.5) is 10.1 Å². The molecule has 0 unspecified atom stereocenters. The molecule has 1 aromatic rings. The normalized spacial score (nSPS) is 10.3. The van der Waals surface area contributed by atoms with E-state index in [0.717, 1.165) is 25.7 Å². The molecule has 0 radical (unpaired) electrons. The first kappa shape index (κ1) is 16.4. The highest BCUT2D eigenvalue weighted by molar-refractivity contribution is 5.90. The van der Waals surface area contributed by atoms with Gasteiger partial charge in [0.2, 0.25) is 5.91 Å². The molecule has 0 atom stereocenters. The number of ether oxygens (including phenoxy) is 1. The molecule has 5 heteroatoms. The van der Waals surface area contributed by atoms with Gasteiger partial charge in [0.25, 0.3) is 0 Å². The van der Waals surface area contributed by atoms with Crippen LogP contribution in [0.2, 0.25) is 0 Å². The molecule has 0 heterocycles. The van der Waals surface area contributed by atoms with Crippen LogP contribution in [-0.4, -0.2) is 25.7 Å². The topological polar surface area (TPSA) is 64.4 Å². The number of hydrogen-bond acceptors (Lipinski definition) is 3. The molecule has 0 spiro atoms. The number of anilines is 1. The lowest BCUT2D eigenvalue weighted by Crippen LogP contribution is -2.11. The highest BCUT2D eigenvalue weighted by Gasteiger charge is 2.03. The summed E-state index contributed by atoms with van der Waals surface area (Å²) in [4.78, 5) is 11.7. The Kier molecular flexibility index (Phi) is 8.38. The fourth-order valence-electron chi connectivity index (χ4n) is 1.83. The third-order valence-electron chi connectivity index (χ3n) is 2.82. The van der Waals surface area contributed by atoms with Crippen molar-refractivity contribution in [3.8, 4) is 5.75 Å². The molecule has 0 aromatic heterocycles. The molecule has 1 aromatic carbocycles. The fourth-order valence-corrected chi connectivity index (χ4v) is 1.83. The fraction of sp³-hybridized carbons (Fsp3) is 0.533. The number of alkyl halides is 1. The van der Waals surface area contributed by atoms with E-state index in [-0.39, 0.29) is 12.5 Å². The van der Waals surface area contributed by atoms with E-state index >= 15 is 0 Å². The SMILES string of the molecule is NCCCCCCC(=O)Nc1cccc(OCCF)c1. The maximum absolute atomic E-state index is 12.0. The molecule has 0 aliphatic carbocycles. The summed E-state index contributed by atoms with van der Waals surface area (Å²) in [5.74, 6) is 0.545. The van der Waals surface area contributed by atoms with Gasteiger partial charge in [-0.25, -0.2) is 4.39 Å². The second kappa shape index (κ2) is 10.2. The Balaban J connectivity index is 2.30. The first-order valence-corrected chi connectivity index (χ1v) is 7.05. The summed E-state index contributed by atoms with van der Waals surface area (Å²) in [6.07, 6.45) is 4.46. The van der Waals surface area contributed by atoms with Crippen LogP contribution in [0.15, 0.2) is 24.3 Å². The van der Waals surface area contributed by atoms with Gasteiger partial charge >= 0.3 is 0 Å². The maximum atomic E-state index is 12.0. The van der Waals surface area contributed by atoms with Crippen molar-refractivity contribution >= 4 is 11.6 Å². The lowest BCUT2D eigenvalue weighted by molar-refractivity contribution is -0.116. The number of carbonyl (C=O) groups excluding carboxylic acids is 1. The highest BCUT2D eigenvalue weighted by Crippen LogP contribution is 2.17. The van der Waals surface area contributed by atoms with E-state index < -0.39 is 6.67 Å². The van der Waals surface area contributed by atoms with Crippen molar-refractivity contribution in [3.05, 3.63) is 24.3 Å². The number of nitrogens with two attached hydrogens (primary N) is 1. The summed E-state index contributed by atoms with van der Waals surface area (Å²) in [5, 5.41) is 2.81. The monoisotopic (exact) mass is 282 g/mol. The van der Waals surface area contributed by atoms with Crippen molar-refractivity contribution in [3.63, 3.8) is 0 Å². The molecule has 0 aliphatic rings. The second-order valence-electron chi connectivity index (χ2n) is 4.57. The molecule has 1 rings (SSSR count). The summed E-state index contributed by atoms with van der Waals surface area (Å²) >= 11 is 0. The van der Waals surface area contributed by atoms with Crippen LogP contribution < -0.4 is 15.8 Å². The minimum absolute atomic E-state index is 0.0135. The Bertz CT molecular complexity index is 399. The van der Waals surface area contributed by atoms with Gasteiger partial charge < -0.3 is 15.8 Å². The third kappa shape index (κ3) is 7.09. The quantitative estimate of drug-likeness (QED) is 0.649. The zero-order valence-electron chi connectivity index (χ0n) is 11.7. The molecule has 1 amide bonds. The minimum Gasteiger partial charge on any atom is -0.491 e. The van der Waals surface area contributed by atoms with Crippen molar-refractivity contribution in [1.82, 2.24) is 0 Å². The van der Waals surface area contributed by atoms with Gasteiger partial charge in [0.1, 0.15) is 19.0 Å². The summed E-state index contributed by atoms with van der Waals surface area (Å²) < 4.78 is 17.2. The lowest BCUT2D eigenvalue weighted by Gasteiger charge is -2.08. The van der Waals surface area contributed by atoms with Crippen molar-refractivity contribution in [1.29, 1.82) is 0 Å². The zero-order valence-corrected chi connectivity index (χ0v) is 11.7. The van der Waals surface area contributed by atoms with Gasteiger partial charge in [0.15, 0.2) is 0 Å². The average molecular weight is 282 g/mol. The van der Waals surface area contributed by atoms with Gasteiger partial charge in [-0.2, -0.15) is 0 Å².